The molecule has 0 spiro atoms. The number of halogens is 5. The number of carbonyl (C=O) groups excluding carboxylic acids is 1. The summed E-state index contributed by atoms with van der Waals surface area (Å²) in [5.41, 5.74) is 0.0370. The summed E-state index contributed by atoms with van der Waals surface area (Å²) in [5, 5.41) is 3.07. The summed E-state index contributed by atoms with van der Waals surface area (Å²) >= 11 is 12.0. The maximum Gasteiger partial charge on any atom is 0.416 e. The van der Waals surface area contributed by atoms with Gasteiger partial charge in [0.25, 0.3) is 15.9 Å². The minimum Gasteiger partial charge on any atom is -0.482 e. The molecule has 180 valence electrons. The van der Waals surface area contributed by atoms with Crippen LogP contribution in [0.25, 0.3) is 0 Å². The number of rotatable bonds is 7. The Bertz CT molecular complexity index is 1330. The number of nitrogens with one attached hydrogen (secondary N) is 2. The second-order valence-electron chi connectivity index (χ2n) is 7.07. The highest BCUT2D eigenvalue weighted by molar-refractivity contribution is 7.92. The van der Waals surface area contributed by atoms with E-state index in [0.29, 0.717) is 16.8 Å². The third-order valence-corrected chi connectivity index (χ3v) is 6.39. The number of sulfonamides is 1. The van der Waals surface area contributed by atoms with Gasteiger partial charge in [-0.3, -0.25) is 9.52 Å². The smallest absolute Gasteiger partial charge is 0.416 e. The lowest BCUT2D eigenvalue weighted by Gasteiger charge is -2.13. The maximum atomic E-state index is 12.9. The molecular formula is C22H17Cl2F3N2O4S. The minimum absolute atomic E-state index is 0.0441. The zero-order chi connectivity index (χ0) is 25.1. The quantitative estimate of drug-likeness (QED) is 0.382. The van der Waals surface area contributed by atoms with Gasteiger partial charge in [0.2, 0.25) is 0 Å². The molecule has 6 nitrogen and oxygen atoms in total. The fraction of sp³-hybridized carbons (Fsp3) is 0.136. The van der Waals surface area contributed by atoms with Gasteiger partial charge in [-0.25, -0.2) is 8.42 Å². The molecule has 0 saturated carbocycles. The molecule has 0 bridgehead atoms. The Kier molecular flexibility index (Phi) is 7.64. The van der Waals surface area contributed by atoms with Crippen molar-refractivity contribution in [3.63, 3.8) is 0 Å². The van der Waals surface area contributed by atoms with Gasteiger partial charge in [-0.1, -0.05) is 29.3 Å². The average Bonchev–Trinajstić information content (AvgIpc) is 2.74. The van der Waals surface area contributed by atoms with Gasteiger partial charge in [-0.2, -0.15) is 13.2 Å². The molecule has 0 unspecified atom stereocenters. The van der Waals surface area contributed by atoms with Crippen molar-refractivity contribution in [3.8, 4) is 5.75 Å². The third-order valence-electron chi connectivity index (χ3n) is 4.48. The van der Waals surface area contributed by atoms with Crippen LogP contribution in [0.5, 0.6) is 5.75 Å². The SMILES string of the molecule is Cc1cc(Cl)ccc1NC(=O)COc1ccc(S(=O)(=O)Nc2cccc(C(F)(F)F)c2)cc1Cl. The van der Waals surface area contributed by atoms with E-state index in [9.17, 15) is 26.4 Å². The second kappa shape index (κ2) is 10.1. The molecule has 3 rings (SSSR count). The minimum atomic E-state index is -4.62. The van der Waals surface area contributed by atoms with Crippen LogP contribution in [0, 0.1) is 6.92 Å². The Morgan fingerprint density at radius 1 is 1.03 bits per heavy atom. The first-order valence-corrected chi connectivity index (χ1v) is 11.8. The molecule has 0 aliphatic heterocycles. The lowest BCUT2D eigenvalue weighted by molar-refractivity contribution is -0.137. The van der Waals surface area contributed by atoms with E-state index in [1.807, 2.05) is 0 Å². The normalized spacial score (nSPS) is 11.7. The van der Waals surface area contributed by atoms with Crippen LogP contribution in [0.2, 0.25) is 10.0 Å². The Balaban J connectivity index is 1.67. The van der Waals surface area contributed by atoms with Gasteiger partial charge in [-0.05, 0) is 67.1 Å². The van der Waals surface area contributed by atoms with Gasteiger partial charge in [0.1, 0.15) is 5.75 Å². The molecule has 0 aliphatic rings. The number of hydrogen-bond donors (Lipinski definition) is 2. The molecule has 0 heterocycles. The Labute approximate surface area is 203 Å². The Morgan fingerprint density at radius 2 is 1.76 bits per heavy atom. The summed E-state index contributed by atoms with van der Waals surface area (Å²) in [6.07, 6.45) is -4.62. The van der Waals surface area contributed by atoms with E-state index in [0.717, 1.165) is 29.8 Å². The first-order chi connectivity index (χ1) is 15.8. The van der Waals surface area contributed by atoms with E-state index in [4.69, 9.17) is 27.9 Å². The van der Waals surface area contributed by atoms with Crippen LogP contribution >= 0.6 is 23.2 Å². The second-order valence-corrected chi connectivity index (χ2v) is 9.60. The van der Waals surface area contributed by atoms with Gasteiger partial charge in [0, 0.05) is 16.4 Å². The van der Waals surface area contributed by atoms with E-state index >= 15 is 0 Å². The van der Waals surface area contributed by atoms with E-state index in [-0.39, 0.29) is 21.4 Å². The van der Waals surface area contributed by atoms with Crippen LogP contribution in [-0.2, 0) is 21.0 Å². The highest BCUT2D eigenvalue weighted by Crippen LogP contribution is 2.32. The van der Waals surface area contributed by atoms with E-state index in [1.54, 1.807) is 25.1 Å². The molecule has 1 amide bonds. The number of alkyl halides is 3. The van der Waals surface area contributed by atoms with Crippen LogP contribution in [0.1, 0.15) is 11.1 Å². The summed E-state index contributed by atoms with van der Waals surface area (Å²) in [5.74, 6) is -0.438. The Morgan fingerprint density at radius 3 is 2.41 bits per heavy atom. The molecule has 3 aromatic rings. The monoisotopic (exact) mass is 532 g/mol. The molecular weight excluding hydrogens is 516 g/mol. The highest BCUT2D eigenvalue weighted by atomic mass is 35.5. The van der Waals surface area contributed by atoms with Crippen LogP contribution in [-0.4, -0.2) is 20.9 Å². The summed E-state index contributed by atoms with van der Waals surface area (Å²) in [6, 6.07) is 12.2. The molecule has 0 aliphatic carbocycles. The van der Waals surface area contributed by atoms with Crippen LogP contribution in [0.3, 0.4) is 0 Å². The van der Waals surface area contributed by atoms with Crippen molar-refractivity contribution in [2.24, 2.45) is 0 Å². The highest BCUT2D eigenvalue weighted by Gasteiger charge is 2.30. The Hall–Kier alpha value is -2.95. The number of ether oxygens (including phenoxy) is 1. The molecule has 12 heteroatoms. The van der Waals surface area contributed by atoms with Crippen molar-refractivity contribution in [3.05, 3.63) is 81.8 Å². The van der Waals surface area contributed by atoms with Gasteiger partial charge < -0.3 is 10.1 Å². The van der Waals surface area contributed by atoms with Gasteiger partial charge in [0.15, 0.2) is 6.61 Å². The number of benzene rings is 3. The summed E-state index contributed by atoms with van der Waals surface area (Å²) < 4.78 is 71.2. The largest absolute Gasteiger partial charge is 0.482 e. The number of anilines is 2. The fourth-order valence-electron chi connectivity index (χ4n) is 2.84. The van der Waals surface area contributed by atoms with Crippen LogP contribution in [0.4, 0.5) is 24.5 Å². The van der Waals surface area contributed by atoms with Gasteiger partial charge >= 0.3 is 6.18 Å². The number of hydrogen-bond acceptors (Lipinski definition) is 4. The molecule has 0 atom stereocenters. The van der Waals surface area contributed by atoms with E-state index in [2.05, 4.69) is 10.0 Å². The predicted octanol–water partition coefficient (Wildman–Crippen LogP) is 6.14. The zero-order valence-electron chi connectivity index (χ0n) is 17.4. The van der Waals surface area contributed by atoms with Gasteiger partial charge in [0.05, 0.1) is 15.5 Å². The number of carbonyl (C=O) groups is 1. The van der Waals surface area contributed by atoms with Crippen LogP contribution in [0.15, 0.2) is 65.6 Å². The van der Waals surface area contributed by atoms with E-state index < -0.39 is 34.3 Å². The predicted molar refractivity (Wildman–Crippen MR) is 124 cm³/mol. The number of amides is 1. The van der Waals surface area contributed by atoms with Crippen molar-refractivity contribution in [2.45, 2.75) is 18.0 Å². The van der Waals surface area contributed by atoms with Crippen molar-refractivity contribution < 1.29 is 31.1 Å². The standard InChI is InChI=1S/C22H17Cl2F3N2O4S/c1-13-9-15(23)5-7-19(13)28-21(30)12-33-20-8-6-17(11-18(20)24)34(31,32)29-16-4-2-3-14(10-16)22(25,26)27/h2-11,29H,12H2,1H3,(H,28,30). The lowest BCUT2D eigenvalue weighted by Crippen LogP contribution is -2.20. The van der Waals surface area contributed by atoms with Gasteiger partial charge in [-0.15, -0.1) is 0 Å². The van der Waals surface area contributed by atoms with Crippen molar-refractivity contribution in [1.29, 1.82) is 0 Å². The van der Waals surface area contributed by atoms with E-state index in [1.165, 1.54) is 12.1 Å². The third kappa shape index (κ3) is 6.55. The average molecular weight is 533 g/mol. The molecule has 34 heavy (non-hydrogen) atoms. The van der Waals surface area contributed by atoms with Crippen molar-refractivity contribution >= 4 is 50.5 Å². The first kappa shape index (κ1) is 25.7. The topological polar surface area (TPSA) is 84.5 Å². The van der Waals surface area contributed by atoms with Crippen molar-refractivity contribution in [1.82, 2.24) is 0 Å². The summed E-state index contributed by atoms with van der Waals surface area (Å²) in [7, 11) is -4.24. The summed E-state index contributed by atoms with van der Waals surface area (Å²) in [4.78, 5) is 11.9. The molecule has 2 N–H and O–H groups in total. The molecule has 0 saturated heterocycles. The van der Waals surface area contributed by atoms with Crippen molar-refractivity contribution in [2.75, 3.05) is 16.6 Å². The van der Waals surface area contributed by atoms with Crippen LogP contribution < -0.4 is 14.8 Å². The molecule has 0 radical (unpaired) electrons. The first-order valence-electron chi connectivity index (χ1n) is 9.53. The fourth-order valence-corrected chi connectivity index (χ4v) is 4.44. The summed E-state index contributed by atoms with van der Waals surface area (Å²) in [6.45, 7) is 1.36. The maximum absolute atomic E-state index is 12.9. The molecule has 0 aromatic heterocycles. The molecule has 0 fully saturated rings. The lowest BCUT2D eigenvalue weighted by atomic mass is 10.2. The number of aryl methyl sites for hydroxylation is 1. The molecule has 3 aromatic carbocycles. The zero-order valence-corrected chi connectivity index (χ0v) is 19.7.